The van der Waals surface area contributed by atoms with Crippen molar-refractivity contribution in [2.24, 2.45) is 0 Å². The van der Waals surface area contributed by atoms with Gasteiger partial charge in [-0.25, -0.2) is 0 Å². The van der Waals surface area contributed by atoms with Crippen LogP contribution in [0.1, 0.15) is 26.7 Å². The maximum absolute atomic E-state index is 8.94. The second-order valence-electron chi connectivity index (χ2n) is 1.87. The molecule has 0 heterocycles. The molecule has 0 rings (SSSR count). The Hall–Kier alpha value is -0.300. The number of aliphatic hydroxyl groups is 1. The number of allylic oxidation sites excluding steroid dienone is 1. The van der Waals surface area contributed by atoms with Crippen molar-refractivity contribution in [1.29, 1.82) is 0 Å². The minimum Gasteiger partial charge on any atom is -0.393 e. The van der Waals surface area contributed by atoms with E-state index in [4.69, 9.17) is 5.11 Å². The second kappa shape index (κ2) is 4.85. The van der Waals surface area contributed by atoms with E-state index in [9.17, 15) is 0 Å². The van der Waals surface area contributed by atoms with E-state index >= 15 is 0 Å². The fraction of sp³-hybridized carbons (Fsp3) is 0.714. The Morgan fingerprint density at radius 1 is 1.62 bits per heavy atom. The molecule has 0 aliphatic heterocycles. The van der Waals surface area contributed by atoms with Crippen molar-refractivity contribution >= 4 is 0 Å². The van der Waals surface area contributed by atoms with Crippen LogP contribution in [0.3, 0.4) is 0 Å². The maximum atomic E-state index is 8.94. The van der Waals surface area contributed by atoms with Crippen LogP contribution in [0.4, 0.5) is 0 Å². The summed E-state index contributed by atoms with van der Waals surface area (Å²) in [6.45, 7) is 3.94. The molecular weight excluding hydrogens is 100 g/mol. The molecule has 0 bridgehead atoms. The average molecular weight is 114 g/mol. The molecule has 1 nitrogen and oxygen atoms in total. The van der Waals surface area contributed by atoms with Gasteiger partial charge in [0, 0.05) is 0 Å². The van der Waals surface area contributed by atoms with E-state index in [0.717, 1.165) is 12.8 Å². The monoisotopic (exact) mass is 114 g/mol. The van der Waals surface area contributed by atoms with Gasteiger partial charge in [0.1, 0.15) is 0 Å². The summed E-state index contributed by atoms with van der Waals surface area (Å²) in [4.78, 5) is 0. The molecule has 0 aromatic rings. The third-order valence-electron chi connectivity index (χ3n) is 1.12. The molecule has 48 valence electrons. The summed E-state index contributed by atoms with van der Waals surface area (Å²) in [6.07, 6.45) is 5.45. The molecule has 1 N–H and O–H groups in total. The largest absolute Gasteiger partial charge is 0.393 e. The normalized spacial score (nSPS) is 14.9. The summed E-state index contributed by atoms with van der Waals surface area (Å²) in [7, 11) is 0. The highest BCUT2D eigenvalue weighted by Gasteiger charge is 1.93. The molecule has 0 saturated heterocycles. The molecule has 0 fully saturated rings. The highest BCUT2D eigenvalue weighted by atomic mass is 16.3. The van der Waals surface area contributed by atoms with Gasteiger partial charge < -0.3 is 5.11 Å². The number of hydrogen-bond acceptors (Lipinski definition) is 1. The molecule has 1 unspecified atom stereocenters. The average Bonchev–Trinajstić information content (AvgIpc) is 1.83. The van der Waals surface area contributed by atoms with Gasteiger partial charge in [0.25, 0.3) is 0 Å². The van der Waals surface area contributed by atoms with Gasteiger partial charge in [-0.1, -0.05) is 19.1 Å². The van der Waals surface area contributed by atoms with Crippen LogP contribution >= 0.6 is 0 Å². The van der Waals surface area contributed by atoms with E-state index in [1.807, 2.05) is 26.0 Å². The Morgan fingerprint density at radius 2 is 2.25 bits per heavy atom. The molecule has 0 aromatic heterocycles. The minimum absolute atomic E-state index is 0.133. The van der Waals surface area contributed by atoms with Crippen molar-refractivity contribution < 1.29 is 5.11 Å². The van der Waals surface area contributed by atoms with E-state index in [1.54, 1.807) is 0 Å². The van der Waals surface area contributed by atoms with Crippen molar-refractivity contribution in [2.45, 2.75) is 32.8 Å². The summed E-state index contributed by atoms with van der Waals surface area (Å²) >= 11 is 0. The first-order chi connectivity index (χ1) is 3.81. The first-order valence-corrected chi connectivity index (χ1v) is 3.10. The summed E-state index contributed by atoms with van der Waals surface area (Å²) < 4.78 is 0. The van der Waals surface area contributed by atoms with E-state index in [2.05, 4.69) is 0 Å². The van der Waals surface area contributed by atoms with E-state index in [-0.39, 0.29) is 6.10 Å². The smallest absolute Gasteiger partial charge is 0.0572 e. The van der Waals surface area contributed by atoms with Gasteiger partial charge in [-0.05, 0) is 19.8 Å². The van der Waals surface area contributed by atoms with Gasteiger partial charge in [-0.3, -0.25) is 0 Å². The second-order valence-corrected chi connectivity index (χ2v) is 1.87. The lowest BCUT2D eigenvalue weighted by atomic mass is 10.2. The van der Waals surface area contributed by atoms with Crippen LogP contribution in [0.5, 0.6) is 0 Å². The van der Waals surface area contributed by atoms with E-state index < -0.39 is 0 Å². The molecule has 0 aliphatic rings. The molecule has 0 aromatic carbocycles. The fourth-order valence-electron chi connectivity index (χ4n) is 0.460. The molecule has 1 heteroatoms. The topological polar surface area (TPSA) is 20.2 Å². The molecule has 8 heavy (non-hydrogen) atoms. The van der Waals surface area contributed by atoms with Gasteiger partial charge in [0.05, 0.1) is 6.10 Å². The van der Waals surface area contributed by atoms with Crippen LogP contribution in [-0.4, -0.2) is 11.2 Å². The van der Waals surface area contributed by atoms with Crippen molar-refractivity contribution in [3.8, 4) is 0 Å². The van der Waals surface area contributed by atoms with Gasteiger partial charge in [-0.2, -0.15) is 0 Å². The summed E-state index contributed by atoms with van der Waals surface area (Å²) in [6, 6.07) is 0. The number of aliphatic hydroxyl groups excluding tert-OH is 1. The quantitative estimate of drug-likeness (QED) is 0.554. The predicted octanol–water partition coefficient (Wildman–Crippen LogP) is 1.72. The lowest BCUT2D eigenvalue weighted by Crippen LogP contribution is -2.00. The predicted molar refractivity (Wildman–Crippen MR) is 35.7 cm³/mol. The van der Waals surface area contributed by atoms with Gasteiger partial charge in [-0.15, -0.1) is 0 Å². The zero-order chi connectivity index (χ0) is 6.41. The van der Waals surface area contributed by atoms with Crippen LogP contribution < -0.4 is 0 Å². The maximum Gasteiger partial charge on any atom is 0.0572 e. The highest BCUT2D eigenvalue weighted by Crippen LogP contribution is 1.96. The summed E-state index contributed by atoms with van der Waals surface area (Å²) in [5, 5.41) is 8.94. The third-order valence-corrected chi connectivity index (χ3v) is 1.12. The van der Waals surface area contributed by atoms with Gasteiger partial charge in [0.2, 0.25) is 0 Å². The Morgan fingerprint density at radius 3 is 2.62 bits per heavy atom. The molecule has 1 atom stereocenters. The van der Waals surface area contributed by atoms with Crippen LogP contribution in [0, 0.1) is 0 Å². The Labute approximate surface area is 51.0 Å². The lowest BCUT2D eigenvalue weighted by molar-refractivity contribution is 0.173. The van der Waals surface area contributed by atoms with Gasteiger partial charge in [0.15, 0.2) is 0 Å². The van der Waals surface area contributed by atoms with Gasteiger partial charge >= 0.3 is 0 Å². The van der Waals surface area contributed by atoms with E-state index in [1.165, 1.54) is 0 Å². The van der Waals surface area contributed by atoms with Crippen molar-refractivity contribution in [3.63, 3.8) is 0 Å². The SMILES string of the molecule is CC=CCC(O)CC. The Balaban J connectivity index is 3.10. The fourth-order valence-corrected chi connectivity index (χ4v) is 0.460. The lowest BCUT2D eigenvalue weighted by Gasteiger charge is -2.00. The van der Waals surface area contributed by atoms with Crippen LogP contribution in [-0.2, 0) is 0 Å². The first-order valence-electron chi connectivity index (χ1n) is 3.10. The van der Waals surface area contributed by atoms with Crippen molar-refractivity contribution in [1.82, 2.24) is 0 Å². The van der Waals surface area contributed by atoms with Crippen molar-refractivity contribution in [3.05, 3.63) is 12.2 Å². The standard InChI is InChI=1S/C7H14O/c1-3-5-6-7(8)4-2/h3,5,7-8H,4,6H2,1-2H3. The Kier molecular flexibility index (Phi) is 4.67. The molecule has 0 saturated carbocycles. The van der Waals surface area contributed by atoms with Crippen LogP contribution in [0.25, 0.3) is 0 Å². The molecular formula is C7H14O. The Bertz CT molecular complexity index is 66.8. The third kappa shape index (κ3) is 3.88. The highest BCUT2D eigenvalue weighted by molar-refractivity contribution is 4.79. The summed E-state index contributed by atoms with van der Waals surface area (Å²) in [5.41, 5.74) is 0. The molecule has 0 amide bonds. The zero-order valence-corrected chi connectivity index (χ0v) is 5.59. The minimum atomic E-state index is -0.133. The zero-order valence-electron chi connectivity index (χ0n) is 5.59. The molecule has 0 aliphatic carbocycles. The number of hydrogen-bond donors (Lipinski definition) is 1. The van der Waals surface area contributed by atoms with Crippen LogP contribution in [0.2, 0.25) is 0 Å². The number of rotatable bonds is 3. The van der Waals surface area contributed by atoms with Crippen molar-refractivity contribution in [2.75, 3.05) is 0 Å². The molecule has 0 spiro atoms. The van der Waals surface area contributed by atoms with E-state index in [0.29, 0.717) is 0 Å². The first kappa shape index (κ1) is 7.70. The van der Waals surface area contributed by atoms with Crippen LogP contribution in [0.15, 0.2) is 12.2 Å². The molecule has 0 radical (unpaired) electrons. The summed E-state index contributed by atoms with van der Waals surface area (Å²) in [5.74, 6) is 0.